The van der Waals surface area contributed by atoms with Gasteiger partial charge in [0.2, 0.25) is 5.91 Å². The SMILES string of the molecule is CCC[C@H](NC(=O)CN1C(=O)NC2(CCC(CC)CC2)C1=O)c1ccccc1. The molecule has 6 nitrogen and oxygen atoms in total. The van der Waals surface area contributed by atoms with Crippen LogP contribution in [-0.4, -0.2) is 34.8 Å². The van der Waals surface area contributed by atoms with Crippen LogP contribution in [0.3, 0.4) is 0 Å². The molecule has 4 amide bonds. The van der Waals surface area contributed by atoms with E-state index in [1.165, 1.54) is 0 Å². The van der Waals surface area contributed by atoms with E-state index in [4.69, 9.17) is 0 Å². The minimum atomic E-state index is -0.800. The quantitative estimate of drug-likeness (QED) is 0.705. The molecule has 1 aliphatic carbocycles. The minimum Gasteiger partial charge on any atom is -0.348 e. The molecule has 1 saturated carbocycles. The van der Waals surface area contributed by atoms with Crippen LogP contribution >= 0.6 is 0 Å². The van der Waals surface area contributed by atoms with Crippen LogP contribution < -0.4 is 10.6 Å². The van der Waals surface area contributed by atoms with Gasteiger partial charge in [0.25, 0.3) is 5.91 Å². The lowest BCUT2D eigenvalue weighted by molar-refractivity contribution is -0.136. The van der Waals surface area contributed by atoms with Gasteiger partial charge in [0, 0.05) is 0 Å². The van der Waals surface area contributed by atoms with E-state index in [0.29, 0.717) is 18.8 Å². The predicted octanol–water partition coefficient (Wildman–Crippen LogP) is 3.53. The normalized spacial score (nSPS) is 25.6. The Morgan fingerprint density at radius 2 is 1.89 bits per heavy atom. The Bertz CT molecular complexity index is 711. The Balaban J connectivity index is 1.63. The summed E-state index contributed by atoms with van der Waals surface area (Å²) in [6, 6.07) is 9.23. The second-order valence-corrected chi connectivity index (χ2v) is 8.07. The largest absolute Gasteiger partial charge is 0.348 e. The van der Waals surface area contributed by atoms with Crippen molar-refractivity contribution < 1.29 is 14.4 Å². The first kappa shape index (κ1) is 20.4. The van der Waals surface area contributed by atoms with E-state index in [1.807, 2.05) is 30.3 Å². The Morgan fingerprint density at radius 3 is 2.50 bits per heavy atom. The van der Waals surface area contributed by atoms with E-state index in [0.717, 1.165) is 42.6 Å². The molecular weight excluding hydrogens is 354 g/mol. The molecule has 28 heavy (non-hydrogen) atoms. The van der Waals surface area contributed by atoms with Gasteiger partial charge >= 0.3 is 6.03 Å². The molecule has 1 spiro atoms. The average molecular weight is 386 g/mol. The summed E-state index contributed by atoms with van der Waals surface area (Å²) in [5, 5.41) is 5.88. The summed E-state index contributed by atoms with van der Waals surface area (Å²) in [7, 11) is 0. The fraction of sp³-hybridized carbons (Fsp3) is 0.591. The van der Waals surface area contributed by atoms with E-state index in [-0.39, 0.29) is 24.4 Å². The fourth-order valence-electron chi connectivity index (χ4n) is 4.42. The number of hydrogen-bond donors (Lipinski definition) is 2. The summed E-state index contributed by atoms with van der Waals surface area (Å²) in [5.74, 6) is 0.0763. The second kappa shape index (κ2) is 8.76. The van der Waals surface area contributed by atoms with Crippen LogP contribution in [0.5, 0.6) is 0 Å². The summed E-state index contributed by atoms with van der Waals surface area (Å²) >= 11 is 0. The number of nitrogens with one attached hydrogen (secondary N) is 2. The lowest BCUT2D eigenvalue weighted by atomic mass is 9.75. The molecule has 0 radical (unpaired) electrons. The van der Waals surface area contributed by atoms with Gasteiger partial charge in [0.1, 0.15) is 12.1 Å². The maximum atomic E-state index is 13.0. The number of benzene rings is 1. The number of nitrogens with zero attached hydrogens (tertiary/aromatic N) is 1. The van der Waals surface area contributed by atoms with Crippen LogP contribution in [0.15, 0.2) is 30.3 Å². The van der Waals surface area contributed by atoms with E-state index in [2.05, 4.69) is 24.5 Å². The molecule has 1 aliphatic heterocycles. The van der Waals surface area contributed by atoms with Gasteiger partial charge in [0.05, 0.1) is 6.04 Å². The highest BCUT2D eigenvalue weighted by atomic mass is 16.2. The van der Waals surface area contributed by atoms with E-state index < -0.39 is 11.6 Å². The molecule has 1 aromatic rings. The molecule has 1 saturated heterocycles. The van der Waals surface area contributed by atoms with Crippen molar-refractivity contribution in [1.82, 2.24) is 15.5 Å². The third kappa shape index (κ3) is 4.21. The first-order valence-corrected chi connectivity index (χ1v) is 10.5. The van der Waals surface area contributed by atoms with Crippen molar-refractivity contribution in [2.75, 3.05) is 6.54 Å². The molecule has 2 fully saturated rings. The van der Waals surface area contributed by atoms with Gasteiger partial charge in [-0.3, -0.25) is 14.5 Å². The topological polar surface area (TPSA) is 78.5 Å². The van der Waals surface area contributed by atoms with Crippen LogP contribution in [0, 0.1) is 5.92 Å². The molecule has 1 aromatic carbocycles. The summed E-state index contributed by atoms with van der Waals surface area (Å²) in [6.45, 7) is 4.00. The number of urea groups is 1. The number of amides is 4. The monoisotopic (exact) mass is 385 g/mol. The van der Waals surface area contributed by atoms with E-state index in [1.54, 1.807) is 0 Å². The van der Waals surface area contributed by atoms with Crippen molar-refractivity contribution in [2.24, 2.45) is 5.92 Å². The van der Waals surface area contributed by atoms with Gasteiger partial charge < -0.3 is 10.6 Å². The van der Waals surface area contributed by atoms with Gasteiger partial charge in [-0.25, -0.2) is 4.79 Å². The first-order chi connectivity index (χ1) is 13.5. The maximum Gasteiger partial charge on any atom is 0.325 e. The smallest absolute Gasteiger partial charge is 0.325 e. The Labute approximate surface area is 167 Å². The fourth-order valence-corrected chi connectivity index (χ4v) is 4.42. The Hall–Kier alpha value is -2.37. The summed E-state index contributed by atoms with van der Waals surface area (Å²) in [5.41, 5.74) is 0.231. The highest BCUT2D eigenvalue weighted by Gasteiger charge is 2.52. The molecule has 0 unspecified atom stereocenters. The van der Waals surface area contributed by atoms with Crippen LogP contribution in [0.1, 0.15) is 70.4 Å². The Morgan fingerprint density at radius 1 is 1.21 bits per heavy atom. The minimum absolute atomic E-state index is 0.117. The summed E-state index contributed by atoms with van der Waals surface area (Å²) < 4.78 is 0. The standard InChI is InChI=1S/C22H31N3O3/c1-3-8-18(17-9-6-5-7-10-17)23-19(26)15-25-20(27)22(24-21(25)28)13-11-16(4-2)12-14-22/h5-7,9-10,16,18H,3-4,8,11-15H2,1-2H3,(H,23,26)(H,24,28)/t16?,18-,22?/m0/s1. The zero-order valence-corrected chi connectivity index (χ0v) is 16.9. The highest BCUT2D eigenvalue weighted by molar-refractivity contribution is 6.09. The number of carbonyl (C=O) groups is 3. The molecule has 0 aromatic heterocycles. The van der Waals surface area contributed by atoms with Crippen molar-refractivity contribution in [3.05, 3.63) is 35.9 Å². The molecule has 0 bridgehead atoms. The molecule has 3 rings (SSSR count). The highest BCUT2D eigenvalue weighted by Crippen LogP contribution is 2.37. The van der Waals surface area contributed by atoms with Gasteiger partial charge in [-0.05, 0) is 43.6 Å². The molecule has 2 aliphatic rings. The van der Waals surface area contributed by atoms with E-state index >= 15 is 0 Å². The molecule has 6 heteroatoms. The third-order valence-electron chi connectivity index (χ3n) is 6.20. The lowest BCUT2D eigenvalue weighted by Gasteiger charge is -2.34. The van der Waals surface area contributed by atoms with Crippen LogP contribution in [-0.2, 0) is 9.59 Å². The van der Waals surface area contributed by atoms with Crippen LogP contribution in [0.2, 0.25) is 0 Å². The second-order valence-electron chi connectivity index (χ2n) is 8.07. The van der Waals surface area contributed by atoms with Gasteiger partial charge in [-0.1, -0.05) is 57.0 Å². The van der Waals surface area contributed by atoms with Crippen molar-refractivity contribution in [3.63, 3.8) is 0 Å². The average Bonchev–Trinajstić information content (AvgIpc) is 2.93. The molecular formula is C22H31N3O3. The zero-order valence-electron chi connectivity index (χ0n) is 16.9. The van der Waals surface area contributed by atoms with Gasteiger partial charge in [-0.15, -0.1) is 0 Å². The number of carbonyl (C=O) groups excluding carboxylic acids is 3. The maximum absolute atomic E-state index is 13.0. The van der Waals surface area contributed by atoms with Crippen molar-refractivity contribution in [2.45, 2.75) is 70.4 Å². The van der Waals surface area contributed by atoms with Gasteiger partial charge in [-0.2, -0.15) is 0 Å². The van der Waals surface area contributed by atoms with Crippen LogP contribution in [0.4, 0.5) is 4.79 Å². The van der Waals surface area contributed by atoms with Crippen LogP contribution in [0.25, 0.3) is 0 Å². The Kier molecular flexibility index (Phi) is 6.37. The predicted molar refractivity (Wildman–Crippen MR) is 107 cm³/mol. The first-order valence-electron chi connectivity index (χ1n) is 10.5. The zero-order chi connectivity index (χ0) is 20.1. The summed E-state index contributed by atoms with van der Waals surface area (Å²) in [6.07, 6.45) is 6.03. The van der Waals surface area contributed by atoms with Crippen molar-refractivity contribution in [1.29, 1.82) is 0 Å². The third-order valence-corrected chi connectivity index (χ3v) is 6.20. The van der Waals surface area contributed by atoms with Crippen molar-refractivity contribution >= 4 is 17.8 Å². The molecule has 1 atom stereocenters. The van der Waals surface area contributed by atoms with E-state index in [9.17, 15) is 14.4 Å². The number of hydrogen-bond acceptors (Lipinski definition) is 3. The van der Waals surface area contributed by atoms with Gasteiger partial charge in [0.15, 0.2) is 0 Å². The summed E-state index contributed by atoms with van der Waals surface area (Å²) in [4.78, 5) is 39.1. The molecule has 2 N–H and O–H groups in total. The molecule has 1 heterocycles. The molecule has 152 valence electrons. The lowest BCUT2D eigenvalue weighted by Crippen LogP contribution is -2.50. The van der Waals surface area contributed by atoms with Crippen molar-refractivity contribution in [3.8, 4) is 0 Å². The number of imide groups is 1. The number of rotatable bonds is 7.